The van der Waals surface area contributed by atoms with Crippen LogP contribution in [0.15, 0.2) is 0 Å². The first-order valence-corrected chi connectivity index (χ1v) is 11.1. The van der Waals surface area contributed by atoms with E-state index in [-0.39, 0.29) is 29.8 Å². The molecule has 26 heavy (non-hydrogen) atoms. The van der Waals surface area contributed by atoms with E-state index in [1.165, 1.54) is 38.5 Å². The first-order chi connectivity index (χ1) is 12.6. The standard InChI is InChI=1S/C23H31NO2/c24-13-23-10-9-18-17-4-2-1-3-14(17)5-7-19(18)20(23)8-6-15-11-16(25)12-21(26)22(15)23/h14-15,17-20,22H,1-12H2. The molecule has 5 aliphatic rings. The Morgan fingerprint density at radius 1 is 0.846 bits per heavy atom. The molecule has 0 spiro atoms. The molecule has 0 aromatic carbocycles. The van der Waals surface area contributed by atoms with Crippen LogP contribution >= 0.6 is 0 Å². The van der Waals surface area contributed by atoms with Crippen molar-refractivity contribution in [3.63, 3.8) is 0 Å². The summed E-state index contributed by atoms with van der Waals surface area (Å²) in [5.74, 6) is 3.92. The Kier molecular flexibility index (Phi) is 4.03. The topological polar surface area (TPSA) is 57.9 Å². The van der Waals surface area contributed by atoms with Gasteiger partial charge in [-0.2, -0.15) is 5.26 Å². The number of ketones is 2. The van der Waals surface area contributed by atoms with E-state index in [2.05, 4.69) is 6.07 Å². The van der Waals surface area contributed by atoms with Crippen molar-refractivity contribution < 1.29 is 9.59 Å². The van der Waals surface area contributed by atoms with Gasteiger partial charge in [-0.05, 0) is 80.5 Å². The predicted octanol–water partition coefficient (Wildman–Crippen LogP) is 4.70. The SMILES string of the molecule is N#CC12CCC3C4CCCCC4CCC3C1CCC1CC(=O)CC(=O)C12. The summed E-state index contributed by atoms with van der Waals surface area (Å²) in [5, 5.41) is 10.3. The van der Waals surface area contributed by atoms with Crippen molar-refractivity contribution in [2.75, 3.05) is 0 Å². The van der Waals surface area contributed by atoms with Gasteiger partial charge in [-0.25, -0.2) is 0 Å². The van der Waals surface area contributed by atoms with Crippen molar-refractivity contribution in [2.45, 2.75) is 77.0 Å². The molecule has 0 saturated heterocycles. The van der Waals surface area contributed by atoms with E-state index in [1.54, 1.807) is 0 Å². The van der Waals surface area contributed by atoms with E-state index >= 15 is 0 Å². The van der Waals surface area contributed by atoms with Gasteiger partial charge in [-0.1, -0.05) is 19.3 Å². The number of rotatable bonds is 0. The van der Waals surface area contributed by atoms with Gasteiger partial charge in [-0.15, -0.1) is 0 Å². The van der Waals surface area contributed by atoms with Crippen LogP contribution < -0.4 is 0 Å². The Labute approximate surface area is 156 Å². The molecule has 0 aliphatic heterocycles. The van der Waals surface area contributed by atoms with Crippen LogP contribution in [0.5, 0.6) is 0 Å². The Balaban J connectivity index is 1.47. The summed E-state index contributed by atoms with van der Waals surface area (Å²) in [6.45, 7) is 0. The molecular weight excluding hydrogens is 322 g/mol. The zero-order valence-electron chi connectivity index (χ0n) is 15.8. The van der Waals surface area contributed by atoms with Gasteiger partial charge in [0.25, 0.3) is 0 Å². The average molecular weight is 354 g/mol. The van der Waals surface area contributed by atoms with Crippen LogP contribution in [0.1, 0.15) is 77.0 Å². The number of hydrogen-bond acceptors (Lipinski definition) is 3. The molecule has 0 N–H and O–H groups in total. The van der Waals surface area contributed by atoms with Crippen molar-refractivity contribution in [1.29, 1.82) is 5.26 Å². The van der Waals surface area contributed by atoms with Gasteiger partial charge < -0.3 is 0 Å². The highest BCUT2D eigenvalue weighted by molar-refractivity contribution is 6.03. The number of carbonyl (C=O) groups excluding carboxylic acids is 2. The largest absolute Gasteiger partial charge is 0.299 e. The molecular formula is C23H31NO2. The molecule has 8 atom stereocenters. The maximum atomic E-state index is 12.9. The number of carbonyl (C=O) groups is 2. The van der Waals surface area contributed by atoms with Crippen LogP contribution in [-0.2, 0) is 9.59 Å². The van der Waals surface area contributed by atoms with Crippen LogP contribution in [0.4, 0.5) is 0 Å². The van der Waals surface area contributed by atoms with E-state index in [1.807, 2.05) is 0 Å². The monoisotopic (exact) mass is 353 g/mol. The summed E-state index contributed by atoms with van der Waals surface area (Å²) in [6.07, 6.45) is 13.0. The third-order valence-corrected chi connectivity index (χ3v) is 9.30. The lowest BCUT2D eigenvalue weighted by Crippen LogP contribution is -2.58. The fraction of sp³-hybridized carbons (Fsp3) is 0.870. The molecule has 0 aromatic rings. The number of hydrogen-bond donors (Lipinski definition) is 0. The fourth-order valence-corrected chi connectivity index (χ4v) is 8.48. The van der Waals surface area contributed by atoms with Crippen molar-refractivity contribution in [3.05, 3.63) is 0 Å². The predicted molar refractivity (Wildman–Crippen MR) is 97.9 cm³/mol. The maximum absolute atomic E-state index is 12.9. The van der Waals surface area contributed by atoms with E-state index in [4.69, 9.17) is 0 Å². The van der Waals surface area contributed by atoms with Gasteiger partial charge in [0.2, 0.25) is 0 Å². The maximum Gasteiger partial charge on any atom is 0.145 e. The number of nitriles is 1. The van der Waals surface area contributed by atoms with E-state index in [0.717, 1.165) is 43.4 Å². The van der Waals surface area contributed by atoms with Crippen LogP contribution in [0.25, 0.3) is 0 Å². The second-order valence-corrected chi connectivity index (χ2v) is 10.1. The minimum atomic E-state index is -0.455. The van der Waals surface area contributed by atoms with E-state index < -0.39 is 5.41 Å². The summed E-state index contributed by atoms with van der Waals surface area (Å²) in [6, 6.07) is 2.74. The molecule has 0 heterocycles. The molecule has 5 aliphatic carbocycles. The van der Waals surface area contributed by atoms with Crippen LogP contribution in [0.3, 0.4) is 0 Å². The third-order valence-electron chi connectivity index (χ3n) is 9.30. The molecule has 5 fully saturated rings. The summed E-state index contributed by atoms with van der Waals surface area (Å²) >= 11 is 0. The summed E-state index contributed by atoms with van der Waals surface area (Å²) in [7, 11) is 0. The van der Waals surface area contributed by atoms with Gasteiger partial charge in [0.15, 0.2) is 0 Å². The molecule has 0 radical (unpaired) electrons. The van der Waals surface area contributed by atoms with Crippen LogP contribution in [0, 0.1) is 58.2 Å². The van der Waals surface area contributed by atoms with Gasteiger partial charge in [0.05, 0.1) is 17.9 Å². The highest BCUT2D eigenvalue weighted by Crippen LogP contribution is 2.64. The van der Waals surface area contributed by atoms with Crippen molar-refractivity contribution in [2.24, 2.45) is 46.8 Å². The lowest BCUT2D eigenvalue weighted by atomic mass is 9.42. The van der Waals surface area contributed by atoms with Crippen molar-refractivity contribution >= 4 is 11.6 Å². The molecule has 5 saturated carbocycles. The Bertz CT molecular complexity index is 664. The van der Waals surface area contributed by atoms with Crippen molar-refractivity contribution in [3.8, 4) is 6.07 Å². The van der Waals surface area contributed by atoms with E-state index in [0.29, 0.717) is 18.3 Å². The fourth-order valence-electron chi connectivity index (χ4n) is 8.48. The summed E-state index contributed by atoms with van der Waals surface area (Å²) in [4.78, 5) is 24.8. The molecule has 0 bridgehead atoms. The number of fused-ring (bicyclic) bond motifs is 7. The second kappa shape index (κ2) is 6.18. The normalized spacial score (nSPS) is 50.7. The number of Topliss-reactive ketones (excluding diaryl/α,β-unsaturated/α-hetero) is 2. The van der Waals surface area contributed by atoms with Gasteiger partial charge in [0.1, 0.15) is 11.6 Å². The van der Waals surface area contributed by atoms with Gasteiger partial charge in [0, 0.05) is 12.3 Å². The lowest BCUT2D eigenvalue weighted by Gasteiger charge is -2.60. The average Bonchev–Trinajstić information content (AvgIpc) is 2.66. The molecule has 0 amide bonds. The highest BCUT2D eigenvalue weighted by Gasteiger charge is 2.62. The lowest BCUT2D eigenvalue weighted by molar-refractivity contribution is -0.153. The van der Waals surface area contributed by atoms with Gasteiger partial charge in [-0.3, -0.25) is 9.59 Å². The Hall–Kier alpha value is -1.17. The number of nitrogens with zero attached hydrogens (tertiary/aromatic N) is 1. The van der Waals surface area contributed by atoms with Crippen LogP contribution in [-0.4, -0.2) is 11.6 Å². The summed E-state index contributed by atoms with van der Waals surface area (Å²) in [5.41, 5.74) is -0.455. The second-order valence-electron chi connectivity index (χ2n) is 10.1. The van der Waals surface area contributed by atoms with Gasteiger partial charge >= 0.3 is 0 Å². The minimum Gasteiger partial charge on any atom is -0.299 e. The van der Waals surface area contributed by atoms with Crippen LogP contribution in [0.2, 0.25) is 0 Å². The van der Waals surface area contributed by atoms with Crippen molar-refractivity contribution in [1.82, 2.24) is 0 Å². The summed E-state index contributed by atoms with van der Waals surface area (Å²) < 4.78 is 0. The first-order valence-electron chi connectivity index (χ1n) is 11.1. The quantitative estimate of drug-likeness (QED) is 0.593. The Morgan fingerprint density at radius 3 is 2.50 bits per heavy atom. The zero-order valence-corrected chi connectivity index (χ0v) is 15.8. The molecule has 0 aromatic heterocycles. The molecule has 8 unspecified atom stereocenters. The van der Waals surface area contributed by atoms with E-state index in [9.17, 15) is 14.9 Å². The smallest absolute Gasteiger partial charge is 0.145 e. The highest BCUT2D eigenvalue weighted by atomic mass is 16.1. The molecule has 5 rings (SSSR count). The molecule has 3 nitrogen and oxygen atoms in total. The third kappa shape index (κ3) is 2.30. The molecule has 140 valence electrons. The minimum absolute atomic E-state index is 0.0934. The molecule has 3 heteroatoms. The zero-order chi connectivity index (χ0) is 17.9. The Morgan fingerprint density at radius 2 is 1.65 bits per heavy atom. The first kappa shape index (κ1) is 17.0.